The molecule has 0 aliphatic carbocycles. The van der Waals surface area contributed by atoms with Gasteiger partial charge in [0.15, 0.2) is 0 Å². The predicted molar refractivity (Wildman–Crippen MR) is 352 cm³/mol. The van der Waals surface area contributed by atoms with Crippen LogP contribution < -0.4 is 26.2 Å². The van der Waals surface area contributed by atoms with Crippen LogP contribution in [0.3, 0.4) is 0 Å². The van der Waals surface area contributed by atoms with E-state index in [1.165, 1.54) is 0 Å². The highest BCUT2D eigenvalue weighted by Gasteiger charge is 2.46. The molecule has 10 aromatic carbocycles. The molecule has 0 radical (unpaired) electrons. The van der Waals surface area contributed by atoms with Gasteiger partial charge >= 0.3 is 0 Å². The highest BCUT2D eigenvalue weighted by atomic mass is 35.5. The van der Waals surface area contributed by atoms with E-state index in [1.807, 2.05) is 72.8 Å². The van der Waals surface area contributed by atoms with Gasteiger partial charge < -0.3 is 9.80 Å². The molecule has 0 fully saturated rings. The molecule has 10 aromatic rings. The van der Waals surface area contributed by atoms with Gasteiger partial charge in [-0.05, 0) is 154 Å². The van der Waals surface area contributed by atoms with Crippen LogP contribution in [0.25, 0.3) is 55.6 Å². The van der Waals surface area contributed by atoms with Gasteiger partial charge in [0, 0.05) is 55.0 Å². The van der Waals surface area contributed by atoms with Gasteiger partial charge in [-0.25, -0.2) is 0 Å². The molecule has 81 heavy (non-hydrogen) atoms. The van der Waals surface area contributed by atoms with Crippen LogP contribution in [0.1, 0.15) is 114 Å². The fourth-order valence-electron chi connectivity index (χ4n) is 11.8. The second-order valence-electron chi connectivity index (χ2n) is 26.0. The lowest BCUT2D eigenvalue weighted by Gasteiger charge is -2.46. The summed E-state index contributed by atoms with van der Waals surface area (Å²) >= 11 is 14.7. The molecule has 2 nitrogen and oxygen atoms in total. The first-order chi connectivity index (χ1) is 41.1. The van der Waals surface area contributed by atoms with E-state index < -0.39 is 6.71 Å². The predicted octanol–water partition coefficient (Wildman–Crippen LogP) is 20.6. The van der Waals surface area contributed by atoms with E-state index in [1.54, 1.807) is 0 Å². The largest absolute Gasteiger partial charge is 0.310 e. The standard InChI is InChI=1S/C76H71BCl2N2/c1-73(2,3)54-37-52(38-55(41-54)74(4,5)6)53-39-68-70-69(40-53)81(72-62(50-29-21-15-22-30-50)44-57(76(10,11)12)45-63(72)51-31-23-16-24-32-51)67-47-59(79)34-36-65(67)77(70)64-35-33-58(78)46-66(64)80(68)71-60(48-25-17-13-18-26-48)42-56(75(7,8)9)43-61(71)49-27-19-14-20-28-49/h13-47H,1-12H3/i33D,34D,35D,36D,46D,47D. The Labute approximate surface area is 500 Å². The van der Waals surface area contributed by atoms with E-state index in [-0.39, 0.29) is 90.3 Å². The smallest absolute Gasteiger partial charge is 0.252 e. The summed E-state index contributed by atoms with van der Waals surface area (Å²) < 4.78 is 61.2. The molecule has 0 spiro atoms. The Morgan fingerprint density at radius 1 is 0.333 bits per heavy atom. The van der Waals surface area contributed by atoms with E-state index in [0.717, 1.165) is 89.3 Å². The molecule has 2 aliphatic heterocycles. The Hall–Kier alpha value is -7.56. The van der Waals surface area contributed by atoms with Gasteiger partial charge in [-0.2, -0.15) is 0 Å². The monoisotopic (exact) mass is 1100 g/mol. The maximum atomic E-state index is 10.5. The summed E-state index contributed by atoms with van der Waals surface area (Å²) in [4.78, 5) is 4.28. The number of fused-ring (bicyclic) bond motifs is 4. The summed E-state index contributed by atoms with van der Waals surface area (Å²) in [6.45, 7) is 25.6. The maximum Gasteiger partial charge on any atom is 0.252 e. The Morgan fingerprint density at radius 3 is 0.914 bits per heavy atom. The van der Waals surface area contributed by atoms with Gasteiger partial charge in [-0.3, -0.25) is 0 Å². The van der Waals surface area contributed by atoms with E-state index in [4.69, 9.17) is 23.2 Å². The molecule has 5 heteroatoms. The van der Waals surface area contributed by atoms with Crippen LogP contribution in [0.5, 0.6) is 0 Å². The van der Waals surface area contributed by atoms with Gasteiger partial charge in [0.25, 0.3) is 6.71 Å². The molecule has 402 valence electrons. The molecule has 2 heterocycles. The number of halogens is 2. The van der Waals surface area contributed by atoms with Crippen LogP contribution in [-0.4, -0.2) is 6.71 Å². The number of rotatable bonds is 7. The Kier molecular flexibility index (Phi) is 11.7. The molecule has 0 aromatic heterocycles. The van der Waals surface area contributed by atoms with E-state index in [9.17, 15) is 8.22 Å². The maximum absolute atomic E-state index is 10.5. The first-order valence-electron chi connectivity index (χ1n) is 31.2. The first-order valence-corrected chi connectivity index (χ1v) is 28.9. The number of benzene rings is 10. The fourth-order valence-corrected chi connectivity index (χ4v) is 12.0. The normalized spacial score (nSPS) is 14.3. The highest BCUT2D eigenvalue weighted by Crippen LogP contribution is 2.55. The number of hydrogen-bond acceptors (Lipinski definition) is 2. The summed E-state index contributed by atoms with van der Waals surface area (Å²) in [5, 5.41) is -0.377. The van der Waals surface area contributed by atoms with Crippen molar-refractivity contribution in [3.05, 3.63) is 244 Å². The third-order valence-electron chi connectivity index (χ3n) is 16.2. The average Bonchev–Trinajstić information content (AvgIpc) is 0.684. The highest BCUT2D eigenvalue weighted by molar-refractivity contribution is 7.00. The lowest BCUT2D eigenvalue weighted by Crippen LogP contribution is -2.61. The first kappa shape index (κ1) is 47.1. The molecule has 0 saturated heterocycles. The van der Waals surface area contributed by atoms with Crippen molar-refractivity contribution in [2.24, 2.45) is 0 Å². The number of hydrogen-bond donors (Lipinski definition) is 0. The fraction of sp³-hybridized carbons (Fsp3) is 0.211. The van der Waals surface area contributed by atoms with Crippen molar-refractivity contribution in [2.45, 2.75) is 105 Å². The van der Waals surface area contributed by atoms with Crippen LogP contribution in [-0.2, 0) is 21.7 Å². The Morgan fingerprint density at radius 2 is 0.617 bits per heavy atom. The van der Waals surface area contributed by atoms with Crippen molar-refractivity contribution in [1.29, 1.82) is 0 Å². The molecule has 0 unspecified atom stereocenters. The number of anilines is 6. The van der Waals surface area contributed by atoms with Crippen molar-refractivity contribution in [1.82, 2.24) is 0 Å². The third kappa shape index (κ3) is 9.91. The van der Waals surface area contributed by atoms with E-state index in [2.05, 4.69) is 196 Å². The number of nitrogens with zero attached hydrogens (tertiary/aromatic N) is 2. The lowest BCUT2D eigenvalue weighted by atomic mass is 9.33. The molecular formula is C76H71BCl2N2. The Bertz CT molecular complexity index is 4020. The minimum atomic E-state index is -1.09. The minimum absolute atomic E-state index is 0.162. The van der Waals surface area contributed by atoms with Crippen molar-refractivity contribution < 1.29 is 8.22 Å². The van der Waals surface area contributed by atoms with Crippen molar-refractivity contribution in [3.63, 3.8) is 0 Å². The zero-order chi connectivity index (χ0) is 62.1. The zero-order valence-corrected chi connectivity index (χ0v) is 50.0. The Balaban J connectivity index is 1.38. The minimum Gasteiger partial charge on any atom is -0.310 e. The van der Waals surface area contributed by atoms with Gasteiger partial charge in [-0.1, -0.05) is 258 Å². The van der Waals surface area contributed by atoms with Crippen LogP contribution in [0.4, 0.5) is 34.1 Å². The van der Waals surface area contributed by atoms with Crippen LogP contribution in [0.15, 0.2) is 212 Å². The van der Waals surface area contributed by atoms with Gasteiger partial charge in [0.1, 0.15) is 0 Å². The molecular weight excluding hydrogens is 1020 g/mol. The van der Waals surface area contributed by atoms with Gasteiger partial charge in [-0.15, -0.1) is 0 Å². The van der Waals surface area contributed by atoms with Gasteiger partial charge in [0.2, 0.25) is 0 Å². The molecule has 0 bridgehead atoms. The summed E-state index contributed by atoms with van der Waals surface area (Å²) in [5.41, 5.74) is 16.7. The topological polar surface area (TPSA) is 6.48 Å². The van der Waals surface area contributed by atoms with E-state index >= 15 is 0 Å². The summed E-state index contributed by atoms with van der Waals surface area (Å²) in [6.07, 6.45) is 0. The SMILES string of the molecule is [2H]c1c([2H])c2c(c([2H])c1Cl)N(c1c(-c3ccccc3)cc(C(C)(C)C)cc1-c1ccccc1)c1cc(-c3cc(C(C)(C)C)cc(C(C)(C)C)c3)cc3c1B2c1c([2H])c([2H])c(Cl)c([2H])c1N3c1c(-c2ccccc2)cc(C(C)(C)C)cc1-c1ccccc1. The molecule has 12 rings (SSSR count). The summed E-state index contributed by atoms with van der Waals surface area (Å²) in [7, 11) is 0. The third-order valence-corrected chi connectivity index (χ3v) is 16.6. The molecule has 0 amide bonds. The van der Waals surface area contributed by atoms with Crippen molar-refractivity contribution in [2.75, 3.05) is 9.80 Å². The zero-order valence-electron chi connectivity index (χ0n) is 54.5. The molecule has 0 N–H and O–H groups in total. The lowest BCUT2D eigenvalue weighted by molar-refractivity contribution is 0.569. The van der Waals surface area contributed by atoms with Crippen LogP contribution in [0.2, 0.25) is 10.0 Å². The second-order valence-corrected chi connectivity index (χ2v) is 26.8. The average molecular weight is 1100 g/mol. The quantitative estimate of drug-likeness (QED) is 0.147. The van der Waals surface area contributed by atoms with Crippen LogP contribution >= 0.6 is 23.2 Å². The van der Waals surface area contributed by atoms with Crippen molar-refractivity contribution >= 4 is 80.4 Å². The second kappa shape index (κ2) is 20.2. The molecule has 0 saturated carbocycles. The van der Waals surface area contributed by atoms with Gasteiger partial charge in [0.05, 0.1) is 19.6 Å². The summed E-state index contributed by atoms with van der Waals surface area (Å²) in [6, 6.07) is 60.1. The molecule has 2 aliphatic rings. The van der Waals surface area contributed by atoms with Crippen molar-refractivity contribution in [3.8, 4) is 55.6 Å². The van der Waals surface area contributed by atoms with Crippen LogP contribution in [0, 0.1) is 0 Å². The van der Waals surface area contributed by atoms with E-state index in [0.29, 0.717) is 16.8 Å². The summed E-state index contributed by atoms with van der Waals surface area (Å²) in [5.74, 6) is 0. The molecule has 0 atom stereocenters.